The SMILES string of the molecule is CC(NCc1cnc(C(C)(C)C)s1)c1ccccc1. The third kappa shape index (κ3) is 3.88. The molecule has 0 aliphatic heterocycles. The average molecular weight is 274 g/mol. The molecule has 0 bridgehead atoms. The van der Waals surface area contributed by atoms with Crippen molar-refractivity contribution < 1.29 is 0 Å². The number of nitrogens with one attached hydrogen (secondary N) is 1. The van der Waals surface area contributed by atoms with Crippen molar-refractivity contribution >= 4 is 11.3 Å². The topological polar surface area (TPSA) is 24.9 Å². The molecule has 1 atom stereocenters. The van der Waals surface area contributed by atoms with E-state index in [1.165, 1.54) is 15.4 Å². The molecular weight excluding hydrogens is 252 g/mol. The summed E-state index contributed by atoms with van der Waals surface area (Å²) >= 11 is 1.80. The van der Waals surface area contributed by atoms with Crippen LogP contribution in [0, 0.1) is 0 Å². The van der Waals surface area contributed by atoms with Gasteiger partial charge in [0.05, 0.1) is 5.01 Å². The molecule has 2 aromatic rings. The normalized spacial score (nSPS) is 13.5. The summed E-state index contributed by atoms with van der Waals surface area (Å²) in [5.41, 5.74) is 1.47. The molecule has 0 saturated carbocycles. The van der Waals surface area contributed by atoms with E-state index in [1.807, 2.05) is 6.20 Å². The Morgan fingerprint density at radius 3 is 2.47 bits per heavy atom. The van der Waals surface area contributed by atoms with E-state index >= 15 is 0 Å². The van der Waals surface area contributed by atoms with E-state index in [9.17, 15) is 0 Å². The third-order valence-corrected chi connectivity index (χ3v) is 4.50. The molecule has 0 amide bonds. The number of benzene rings is 1. The zero-order chi connectivity index (χ0) is 13.9. The van der Waals surface area contributed by atoms with Gasteiger partial charge in [0.15, 0.2) is 0 Å². The van der Waals surface area contributed by atoms with Crippen LogP contribution in [0.1, 0.15) is 49.2 Å². The quantitative estimate of drug-likeness (QED) is 0.899. The van der Waals surface area contributed by atoms with Crippen molar-refractivity contribution in [2.24, 2.45) is 0 Å². The Morgan fingerprint density at radius 1 is 1.21 bits per heavy atom. The molecule has 2 nitrogen and oxygen atoms in total. The van der Waals surface area contributed by atoms with Crippen LogP contribution in [0.15, 0.2) is 36.5 Å². The van der Waals surface area contributed by atoms with Gasteiger partial charge in [-0.05, 0) is 12.5 Å². The zero-order valence-electron chi connectivity index (χ0n) is 12.1. The van der Waals surface area contributed by atoms with Crippen LogP contribution in [0.2, 0.25) is 0 Å². The van der Waals surface area contributed by atoms with Crippen LogP contribution >= 0.6 is 11.3 Å². The number of nitrogens with zero attached hydrogens (tertiary/aromatic N) is 1. The first-order valence-electron chi connectivity index (χ1n) is 6.70. The monoisotopic (exact) mass is 274 g/mol. The van der Waals surface area contributed by atoms with Gasteiger partial charge >= 0.3 is 0 Å². The molecule has 0 aliphatic rings. The first-order chi connectivity index (χ1) is 8.97. The van der Waals surface area contributed by atoms with Crippen molar-refractivity contribution in [1.29, 1.82) is 0 Å². The minimum atomic E-state index is 0.147. The lowest BCUT2D eigenvalue weighted by molar-refractivity contribution is 0.578. The van der Waals surface area contributed by atoms with E-state index < -0.39 is 0 Å². The van der Waals surface area contributed by atoms with Crippen molar-refractivity contribution in [1.82, 2.24) is 10.3 Å². The smallest absolute Gasteiger partial charge is 0.0981 e. The van der Waals surface area contributed by atoms with Gasteiger partial charge in [-0.25, -0.2) is 4.98 Å². The summed E-state index contributed by atoms with van der Waals surface area (Å²) in [6, 6.07) is 10.9. The molecule has 2 rings (SSSR count). The van der Waals surface area contributed by atoms with Crippen LogP contribution < -0.4 is 5.32 Å². The summed E-state index contributed by atoms with van der Waals surface area (Å²) in [5.74, 6) is 0. The average Bonchev–Trinajstić information content (AvgIpc) is 2.86. The lowest BCUT2D eigenvalue weighted by atomic mass is 9.98. The van der Waals surface area contributed by atoms with Gasteiger partial charge in [0.1, 0.15) is 0 Å². The highest BCUT2D eigenvalue weighted by molar-refractivity contribution is 7.11. The fourth-order valence-corrected chi connectivity index (χ4v) is 2.77. The molecular formula is C16H22N2S. The number of hydrogen-bond acceptors (Lipinski definition) is 3. The highest BCUT2D eigenvalue weighted by Gasteiger charge is 2.18. The number of rotatable bonds is 4. The van der Waals surface area contributed by atoms with E-state index in [-0.39, 0.29) is 5.41 Å². The summed E-state index contributed by atoms with van der Waals surface area (Å²) in [5, 5.41) is 4.76. The predicted octanol–water partition coefficient (Wildman–Crippen LogP) is 4.29. The van der Waals surface area contributed by atoms with Crippen LogP contribution in [0.5, 0.6) is 0 Å². The maximum Gasteiger partial charge on any atom is 0.0981 e. The third-order valence-electron chi connectivity index (χ3n) is 3.08. The van der Waals surface area contributed by atoms with Crippen molar-refractivity contribution in [3.05, 3.63) is 52.0 Å². The Bertz CT molecular complexity index is 511. The fraction of sp³-hybridized carbons (Fsp3) is 0.438. The Balaban J connectivity index is 1.94. The van der Waals surface area contributed by atoms with Gasteiger partial charge in [-0.2, -0.15) is 0 Å². The minimum absolute atomic E-state index is 0.147. The van der Waals surface area contributed by atoms with Crippen molar-refractivity contribution in [2.75, 3.05) is 0 Å². The molecule has 1 aromatic carbocycles. The van der Waals surface area contributed by atoms with Crippen LogP contribution in [0.25, 0.3) is 0 Å². The number of hydrogen-bond donors (Lipinski definition) is 1. The first kappa shape index (κ1) is 14.2. The van der Waals surface area contributed by atoms with Gasteiger partial charge in [0, 0.05) is 29.1 Å². The van der Waals surface area contributed by atoms with E-state index in [2.05, 4.69) is 68.3 Å². The predicted molar refractivity (Wildman–Crippen MR) is 82.5 cm³/mol. The van der Waals surface area contributed by atoms with E-state index in [0.29, 0.717) is 6.04 Å². The molecule has 1 unspecified atom stereocenters. The summed E-state index contributed by atoms with van der Waals surface area (Å²) in [4.78, 5) is 5.82. The Morgan fingerprint density at radius 2 is 1.89 bits per heavy atom. The molecule has 0 radical (unpaired) electrons. The van der Waals surface area contributed by atoms with Gasteiger partial charge in [0.2, 0.25) is 0 Å². The van der Waals surface area contributed by atoms with Gasteiger partial charge < -0.3 is 5.32 Å². The molecule has 0 saturated heterocycles. The van der Waals surface area contributed by atoms with Crippen molar-refractivity contribution in [3.63, 3.8) is 0 Å². The molecule has 0 spiro atoms. The minimum Gasteiger partial charge on any atom is -0.305 e. The van der Waals surface area contributed by atoms with Crippen LogP contribution in [-0.4, -0.2) is 4.98 Å². The van der Waals surface area contributed by atoms with E-state index in [1.54, 1.807) is 11.3 Å². The lowest BCUT2D eigenvalue weighted by Gasteiger charge is -2.14. The zero-order valence-corrected chi connectivity index (χ0v) is 12.9. The molecule has 1 N–H and O–H groups in total. The molecule has 0 fully saturated rings. The maximum atomic E-state index is 4.52. The number of aromatic nitrogens is 1. The molecule has 19 heavy (non-hydrogen) atoms. The second-order valence-corrected chi connectivity index (χ2v) is 7.01. The molecule has 3 heteroatoms. The molecule has 1 aromatic heterocycles. The summed E-state index contributed by atoms with van der Waals surface area (Å²) in [6.45, 7) is 9.69. The van der Waals surface area contributed by atoms with Gasteiger partial charge in [-0.1, -0.05) is 51.1 Å². The van der Waals surface area contributed by atoms with Crippen LogP contribution in [0.4, 0.5) is 0 Å². The van der Waals surface area contributed by atoms with Crippen molar-refractivity contribution in [2.45, 2.75) is 45.7 Å². The van der Waals surface area contributed by atoms with Crippen LogP contribution in [0.3, 0.4) is 0 Å². The molecule has 102 valence electrons. The molecule has 1 heterocycles. The van der Waals surface area contributed by atoms with Crippen LogP contribution in [-0.2, 0) is 12.0 Å². The first-order valence-corrected chi connectivity index (χ1v) is 7.52. The number of thiazole rings is 1. The van der Waals surface area contributed by atoms with E-state index in [4.69, 9.17) is 0 Å². The van der Waals surface area contributed by atoms with E-state index in [0.717, 1.165) is 6.54 Å². The summed E-state index contributed by atoms with van der Waals surface area (Å²) in [7, 11) is 0. The highest BCUT2D eigenvalue weighted by Crippen LogP contribution is 2.27. The summed E-state index contributed by atoms with van der Waals surface area (Å²) in [6.07, 6.45) is 2.00. The van der Waals surface area contributed by atoms with Gasteiger partial charge in [-0.15, -0.1) is 11.3 Å². The largest absolute Gasteiger partial charge is 0.305 e. The Labute approximate surface area is 119 Å². The summed E-state index contributed by atoms with van der Waals surface area (Å²) < 4.78 is 0. The second kappa shape index (κ2) is 5.85. The molecule has 0 aliphatic carbocycles. The Kier molecular flexibility index (Phi) is 4.38. The standard InChI is InChI=1S/C16H22N2S/c1-12(13-8-6-5-7-9-13)17-10-14-11-18-15(19-14)16(2,3)4/h5-9,11-12,17H,10H2,1-4H3. The maximum absolute atomic E-state index is 4.52. The van der Waals surface area contributed by atoms with Gasteiger partial charge in [0.25, 0.3) is 0 Å². The lowest BCUT2D eigenvalue weighted by Crippen LogP contribution is -2.17. The Hall–Kier alpha value is -1.19. The fourth-order valence-electron chi connectivity index (χ4n) is 1.85. The highest BCUT2D eigenvalue weighted by atomic mass is 32.1. The van der Waals surface area contributed by atoms with Gasteiger partial charge in [-0.3, -0.25) is 0 Å². The second-order valence-electron chi connectivity index (χ2n) is 5.89. The van der Waals surface area contributed by atoms with Crippen molar-refractivity contribution in [3.8, 4) is 0 Å².